The van der Waals surface area contributed by atoms with Crippen LogP contribution in [0.3, 0.4) is 0 Å². The topological polar surface area (TPSA) is 66.5 Å². The van der Waals surface area contributed by atoms with Gasteiger partial charge in [0.1, 0.15) is 0 Å². The quantitative estimate of drug-likeness (QED) is 0.869. The molecular formula is C15H24N2O3S. The molecule has 0 saturated carbocycles. The van der Waals surface area contributed by atoms with Crippen molar-refractivity contribution in [3.8, 4) is 0 Å². The van der Waals surface area contributed by atoms with E-state index in [1.165, 1.54) is 10.6 Å². The molecule has 0 aliphatic heterocycles. The van der Waals surface area contributed by atoms with Crippen molar-refractivity contribution in [3.05, 3.63) is 34.9 Å². The van der Waals surface area contributed by atoms with E-state index >= 15 is 0 Å². The Labute approximate surface area is 127 Å². The Hall–Kier alpha value is -1.40. The van der Waals surface area contributed by atoms with Crippen LogP contribution < -0.4 is 5.32 Å². The molecule has 118 valence electrons. The number of rotatable bonds is 6. The molecule has 0 bridgehead atoms. The fourth-order valence-corrected chi connectivity index (χ4v) is 3.26. The second-order valence-electron chi connectivity index (χ2n) is 5.52. The highest BCUT2D eigenvalue weighted by Crippen LogP contribution is 2.09. The number of amides is 1. The number of carbonyl (C=O) groups is 1. The third kappa shape index (κ3) is 5.13. The van der Waals surface area contributed by atoms with Crippen LogP contribution in [0.15, 0.2) is 18.2 Å². The summed E-state index contributed by atoms with van der Waals surface area (Å²) in [4.78, 5) is 12.0. The molecule has 0 spiro atoms. The Morgan fingerprint density at radius 3 is 2.33 bits per heavy atom. The molecule has 1 aromatic carbocycles. The first-order valence-electron chi connectivity index (χ1n) is 6.95. The van der Waals surface area contributed by atoms with Gasteiger partial charge < -0.3 is 5.32 Å². The van der Waals surface area contributed by atoms with Gasteiger partial charge in [-0.3, -0.25) is 4.79 Å². The van der Waals surface area contributed by atoms with Gasteiger partial charge in [0.15, 0.2) is 0 Å². The molecule has 0 saturated heterocycles. The second kappa shape index (κ2) is 7.04. The minimum atomic E-state index is -3.26. The highest BCUT2D eigenvalue weighted by molar-refractivity contribution is 7.88. The largest absolute Gasteiger partial charge is 0.351 e. The van der Waals surface area contributed by atoms with Crippen LogP contribution in [-0.4, -0.2) is 44.0 Å². The van der Waals surface area contributed by atoms with E-state index in [1.54, 1.807) is 6.07 Å². The third-order valence-corrected chi connectivity index (χ3v) is 4.84. The minimum Gasteiger partial charge on any atom is -0.351 e. The molecule has 0 radical (unpaired) electrons. The number of benzene rings is 1. The molecule has 0 atom stereocenters. The average molecular weight is 312 g/mol. The van der Waals surface area contributed by atoms with Crippen LogP contribution in [0.2, 0.25) is 0 Å². The van der Waals surface area contributed by atoms with E-state index in [1.807, 2.05) is 39.8 Å². The van der Waals surface area contributed by atoms with Gasteiger partial charge in [0.2, 0.25) is 10.0 Å². The summed E-state index contributed by atoms with van der Waals surface area (Å²) in [5.41, 5.74) is 2.78. The number of sulfonamides is 1. The fourth-order valence-electron chi connectivity index (χ4n) is 2.07. The van der Waals surface area contributed by atoms with Gasteiger partial charge in [0.25, 0.3) is 5.91 Å². The Kier molecular flexibility index (Phi) is 5.92. The van der Waals surface area contributed by atoms with E-state index in [0.29, 0.717) is 5.56 Å². The lowest BCUT2D eigenvalue weighted by atomic mass is 10.1. The molecule has 0 aliphatic carbocycles. The van der Waals surface area contributed by atoms with Crippen LogP contribution in [0.25, 0.3) is 0 Å². The maximum Gasteiger partial charge on any atom is 0.251 e. The van der Waals surface area contributed by atoms with Crippen LogP contribution in [0.1, 0.15) is 35.3 Å². The van der Waals surface area contributed by atoms with E-state index < -0.39 is 10.0 Å². The Morgan fingerprint density at radius 2 is 1.86 bits per heavy atom. The van der Waals surface area contributed by atoms with Crippen molar-refractivity contribution in [3.63, 3.8) is 0 Å². The standard InChI is InChI=1S/C15H24N2O3S/c1-11(2)17(21(5,19)20)9-8-16-15(18)14-7-6-12(3)13(4)10-14/h6-7,10-11H,8-9H2,1-5H3,(H,16,18). The van der Waals surface area contributed by atoms with Crippen molar-refractivity contribution in [1.82, 2.24) is 9.62 Å². The molecule has 0 aliphatic rings. The molecule has 1 N–H and O–H groups in total. The average Bonchev–Trinajstić information content (AvgIpc) is 2.35. The van der Waals surface area contributed by atoms with Crippen LogP contribution in [0.4, 0.5) is 0 Å². The smallest absolute Gasteiger partial charge is 0.251 e. The summed E-state index contributed by atoms with van der Waals surface area (Å²) in [7, 11) is -3.26. The van der Waals surface area contributed by atoms with Gasteiger partial charge >= 0.3 is 0 Å². The molecule has 1 amide bonds. The molecule has 6 heteroatoms. The summed E-state index contributed by atoms with van der Waals surface area (Å²) in [6.07, 6.45) is 1.18. The van der Waals surface area contributed by atoms with Gasteiger partial charge in [0, 0.05) is 24.7 Å². The molecule has 0 unspecified atom stereocenters. The van der Waals surface area contributed by atoms with Crippen molar-refractivity contribution in [2.75, 3.05) is 19.3 Å². The first-order chi connectivity index (χ1) is 9.62. The van der Waals surface area contributed by atoms with Crippen LogP contribution in [0, 0.1) is 13.8 Å². The number of nitrogens with one attached hydrogen (secondary N) is 1. The predicted molar refractivity (Wildman–Crippen MR) is 84.9 cm³/mol. The zero-order valence-electron chi connectivity index (χ0n) is 13.3. The van der Waals surface area contributed by atoms with E-state index in [2.05, 4.69) is 5.32 Å². The van der Waals surface area contributed by atoms with Crippen molar-refractivity contribution >= 4 is 15.9 Å². The van der Waals surface area contributed by atoms with Crippen molar-refractivity contribution in [2.45, 2.75) is 33.7 Å². The van der Waals surface area contributed by atoms with Gasteiger partial charge in [-0.1, -0.05) is 6.07 Å². The summed E-state index contributed by atoms with van der Waals surface area (Å²) in [5, 5.41) is 2.76. The molecule has 0 heterocycles. The number of aryl methyl sites for hydroxylation is 2. The summed E-state index contributed by atoms with van der Waals surface area (Å²) in [6.45, 7) is 8.13. The van der Waals surface area contributed by atoms with E-state index in [4.69, 9.17) is 0 Å². The molecule has 21 heavy (non-hydrogen) atoms. The van der Waals surface area contributed by atoms with Gasteiger partial charge in [0.05, 0.1) is 6.26 Å². The Morgan fingerprint density at radius 1 is 1.24 bits per heavy atom. The van der Waals surface area contributed by atoms with Gasteiger partial charge in [-0.2, -0.15) is 4.31 Å². The van der Waals surface area contributed by atoms with Gasteiger partial charge in [-0.05, 0) is 51.0 Å². The lowest BCUT2D eigenvalue weighted by molar-refractivity contribution is 0.0950. The van der Waals surface area contributed by atoms with Crippen LogP contribution in [0.5, 0.6) is 0 Å². The molecule has 0 fully saturated rings. The van der Waals surface area contributed by atoms with E-state index in [0.717, 1.165) is 11.1 Å². The Bertz CT molecular complexity index is 609. The van der Waals surface area contributed by atoms with Crippen molar-refractivity contribution in [1.29, 1.82) is 0 Å². The highest BCUT2D eigenvalue weighted by Gasteiger charge is 2.19. The number of nitrogens with zero attached hydrogens (tertiary/aromatic N) is 1. The molecule has 0 aromatic heterocycles. The number of carbonyl (C=O) groups excluding carboxylic acids is 1. The second-order valence-corrected chi connectivity index (χ2v) is 7.46. The summed E-state index contributed by atoms with van der Waals surface area (Å²) in [6, 6.07) is 5.38. The number of hydrogen-bond donors (Lipinski definition) is 1. The number of hydrogen-bond acceptors (Lipinski definition) is 3. The molecule has 1 rings (SSSR count). The molecular weight excluding hydrogens is 288 g/mol. The molecule has 1 aromatic rings. The van der Waals surface area contributed by atoms with Crippen molar-refractivity contribution < 1.29 is 13.2 Å². The van der Waals surface area contributed by atoms with Crippen molar-refractivity contribution in [2.24, 2.45) is 0 Å². The minimum absolute atomic E-state index is 0.126. The highest BCUT2D eigenvalue weighted by atomic mass is 32.2. The van der Waals surface area contributed by atoms with Gasteiger partial charge in [-0.15, -0.1) is 0 Å². The normalized spacial score (nSPS) is 12.0. The lowest BCUT2D eigenvalue weighted by Gasteiger charge is -2.23. The monoisotopic (exact) mass is 312 g/mol. The summed E-state index contributed by atoms with van der Waals surface area (Å²) in [5.74, 6) is -0.185. The Balaban J connectivity index is 2.62. The van der Waals surface area contributed by atoms with E-state index in [-0.39, 0.29) is 25.0 Å². The zero-order chi connectivity index (χ0) is 16.2. The van der Waals surface area contributed by atoms with Crippen LogP contribution >= 0.6 is 0 Å². The predicted octanol–water partition coefficient (Wildman–Crippen LogP) is 1.70. The molecule has 5 nitrogen and oxygen atoms in total. The van der Waals surface area contributed by atoms with Gasteiger partial charge in [-0.25, -0.2) is 8.42 Å². The first-order valence-corrected chi connectivity index (χ1v) is 8.80. The maximum absolute atomic E-state index is 12.0. The summed E-state index contributed by atoms with van der Waals surface area (Å²) >= 11 is 0. The third-order valence-electron chi connectivity index (χ3n) is 3.39. The van der Waals surface area contributed by atoms with E-state index in [9.17, 15) is 13.2 Å². The fraction of sp³-hybridized carbons (Fsp3) is 0.533. The first kappa shape index (κ1) is 17.7. The summed E-state index contributed by atoms with van der Waals surface area (Å²) < 4.78 is 24.6. The lowest BCUT2D eigenvalue weighted by Crippen LogP contribution is -2.41. The SMILES string of the molecule is Cc1ccc(C(=O)NCCN(C(C)C)S(C)(=O)=O)cc1C. The zero-order valence-corrected chi connectivity index (χ0v) is 14.1. The maximum atomic E-state index is 12.0. The van der Waals surface area contributed by atoms with Crippen LogP contribution in [-0.2, 0) is 10.0 Å².